The molecule has 1 saturated heterocycles. The number of hydrogen-bond donors (Lipinski definition) is 3. The lowest BCUT2D eigenvalue weighted by Crippen LogP contribution is -2.36. The second-order valence-corrected chi connectivity index (χ2v) is 20.2. The quantitative estimate of drug-likeness (QED) is 0.0323. The molecule has 0 aliphatic carbocycles. The van der Waals surface area contributed by atoms with E-state index in [1.807, 2.05) is 0 Å². The molecule has 2 aromatic heterocycles. The minimum atomic E-state index is -4.07. The molecular weight excluding hydrogens is 888 g/mol. The summed E-state index contributed by atoms with van der Waals surface area (Å²) in [5.74, 6) is -1.45. The van der Waals surface area contributed by atoms with Crippen molar-refractivity contribution in [1.82, 2.24) is 14.5 Å². The van der Waals surface area contributed by atoms with Gasteiger partial charge in [-0.25, -0.2) is 19.1 Å². The van der Waals surface area contributed by atoms with Crippen LogP contribution in [-0.4, -0.2) is 81.4 Å². The molecule has 2 aromatic rings. The van der Waals surface area contributed by atoms with Gasteiger partial charge in [0.05, 0.1) is 26.4 Å². The molecule has 0 saturated carbocycles. The second-order valence-electron chi connectivity index (χ2n) is 18.5. The minimum Gasteiger partial charge on any atom is -0.461 e. The maximum Gasteiger partial charge on any atom is 0.474 e. The molecule has 16 heteroatoms. The standard InChI is InChI=1S/C52H89N4O11P/c1-4-7-10-13-16-19-22-25-28-31-39-63-51(60)44-36-34-35-43(53-44)49(59)54-46-37-38-56(52(61)55-46)50-48(58)47(57)45(67-50)42-66-68(62,64-40-32-29-26-23-20-17-14-11-8-5-2)65-41-33-30-27-24-21-18-15-12-9-6-3/h34-38,45,47-48,50,57-58H,4-33,39-42H2,1-3H3,(H,54,55,59,61)/t45-,47-,48+,50-/m1/s1. The highest BCUT2D eigenvalue weighted by Crippen LogP contribution is 2.50. The number of aromatic nitrogens is 3. The van der Waals surface area contributed by atoms with E-state index in [2.05, 4.69) is 36.1 Å². The maximum absolute atomic E-state index is 13.9. The molecule has 3 heterocycles. The van der Waals surface area contributed by atoms with Crippen molar-refractivity contribution in [1.29, 1.82) is 0 Å². The third-order valence-electron chi connectivity index (χ3n) is 12.5. The van der Waals surface area contributed by atoms with Gasteiger partial charge in [0.1, 0.15) is 35.5 Å². The van der Waals surface area contributed by atoms with E-state index in [1.54, 1.807) is 0 Å². The van der Waals surface area contributed by atoms with Crippen LogP contribution in [0.3, 0.4) is 0 Å². The molecule has 0 bridgehead atoms. The zero-order chi connectivity index (χ0) is 49.1. The van der Waals surface area contributed by atoms with Gasteiger partial charge in [-0.15, -0.1) is 0 Å². The fourth-order valence-electron chi connectivity index (χ4n) is 8.26. The number of amides is 1. The van der Waals surface area contributed by atoms with Crippen molar-refractivity contribution in [2.24, 2.45) is 0 Å². The molecule has 388 valence electrons. The number of esters is 1. The average Bonchev–Trinajstić information content (AvgIpc) is 3.62. The summed E-state index contributed by atoms with van der Waals surface area (Å²) in [5.41, 5.74) is -0.986. The number of hydrogen-bond acceptors (Lipinski definition) is 13. The summed E-state index contributed by atoms with van der Waals surface area (Å²) in [5, 5.41) is 24.5. The van der Waals surface area contributed by atoms with Crippen molar-refractivity contribution >= 4 is 25.5 Å². The molecule has 68 heavy (non-hydrogen) atoms. The van der Waals surface area contributed by atoms with Gasteiger partial charge in [0.2, 0.25) is 0 Å². The van der Waals surface area contributed by atoms with Crippen molar-refractivity contribution in [3.8, 4) is 0 Å². The fourth-order valence-corrected chi connectivity index (χ4v) is 9.52. The van der Waals surface area contributed by atoms with E-state index in [4.69, 9.17) is 23.0 Å². The molecule has 1 fully saturated rings. The van der Waals surface area contributed by atoms with Gasteiger partial charge in [-0.05, 0) is 37.5 Å². The zero-order valence-electron chi connectivity index (χ0n) is 42.1. The average molecular weight is 977 g/mol. The van der Waals surface area contributed by atoms with Gasteiger partial charge >= 0.3 is 19.5 Å². The Hall–Kier alpha value is -3.04. The van der Waals surface area contributed by atoms with Crippen LogP contribution in [-0.2, 0) is 27.6 Å². The molecule has 1 aliphatic heterocycles. The summed E-state index contributed by atoms with van der Waals surface area (Å²) in [6.45, 7) is 6.86. The molecule has 3 N–H and O–H groups in total. The predicted molar refractivity (Wildman–Crippen MR) is 268 cm³/mol. The Morgan fingerprint density at radius 3 is 1.51 bits per heavy atom. The third-order valence-corrected chi connectivity index (χ3v) is 14.0. The second kappa shape index (κ2) is 36.8. The summed E-state index contributed by atoms with van der Waals surface area (Å²) >= 11 is 0. The lowest BCUT2D eigenvalue weighted by Gasteiger charge is -2.21. The third kappa shape index (κ3) is 24.7. The van der Waals surface area contributed by atoms with Crippen molar-refractivity contribution < 1.29 is 47.4 Å². The van der Waals surface area contributed by atoms with Crippen LogP contribution >= 0.6 is 7.82 Å². The fraction of sp³-hybridized carbons (Fsp3) is 0.788. The van der Waals surface area contributed by atoms with Crippen molar-refractivity contribution in [3.05, 3.63) is 52.3 Å². The molecule has 0 unspecified atom stereocenters. The Labute approximate surface area is 408 Å². The number of phosphoric ester groups is 1. The van der Waals surface area contributed by atoms with Crippen LogP contribution in [0.15, 0.2) is 35.3 Å². The molecule has 15 nitrogen and oxygen atoms in total. The van der Waals surface area contributed by atoms with E-state index in [-0.39, 0.29) is 37.0 Å². The summed E-state index contributed by atoms with van der Waals surface area (Å²) in [6.07, 6.45) is 30.1. The van der Waals surface area contributed by atoms with Gasteiger partial charge in [0.25, 0.3) is 5.91 Å². The molecule has 1 aliphatic rings. The molecule has 0 spiro atoms. The van der Waals surface area contributed by atoms with E-state index in [9.17, 15) is 29.2 Å². The largest absolute Gasteiger partial charge is 0.474 e. The zero-order valence-corrected chi connectivity index (χ0v) is 43.0. The number of aliphatic hydroxyl groups is 2. The van der Waals surface area contributed by atoms with E-state index >= 15 is 0 Å². The normalized spacial score (nSPS) is 17.2. The number of nitrogens with zero attached hydrogens (tertiary/aromatic N) is 3. The smallest absolute Gasteiger partial charge is 0.461 e. The molecule has 0 aromatic carbocycles. The van der Waals surface area contributed by atoms with Gasteiger partial charge in [-0.3, -0.25) is 22.9 Å². The minimum absolute atomic E-state index is 0.0183. The van der Waals surface area contributed by atoms with Crippen LogP contribution in [0.4, 0.5) is 5.82 Å². The Morgan fingerprint density at radius 1 is 0.603 bits per heavy atom. The summed E-state index contributed by atoms with van der Waals surface area (Å²) in [4.78, 5) is 47.1. The molecule has 0 radical (unpaired) electrons. The van der Waals surface area contributed by atoms with E-state index in [0.29, 0.717) is 12.8 Å². The van der Waals surface area contributed by atoms with Crippen LogP contribution in [0.5, 0.6) is 0 Å². The first kappa shape index (κ1) is 59.3. The first-order valence-electron chi connectivity index (χ1n) is 26.7. The Bertz CT molecular complexity index is 1720. The number of carbonyl (C=O) groups is 2. The topological polar surface area (TPSA) is 198 Å². The van der Waals surface area contributed by atoms with Crippen LogP contribution < -0.4 is 11.0 Å². The van der Waals surface area contributed by atoms with Crippen LogP contribution in [0, 0.1) is 0 Å². The van der Waals surface area contributed by atoms with Gasteiger partial charge in [-0.1, -0.05) is 200 Å². The summed E-state index contributed by atoms with van der Waals surface area (Å²) < 4.78 is 43.4. The van der Waals surface area contributed by atoms with Crippen molar-refractivity contribution in [2.75, 3.05) is 31.7 Å². The maximum atomic E-state index is 13.9. The predicted octanol–water partition coefficient (Wildman–Crippen LogP) is 12.6. The van der Waals surface area contributed by atoms with Gasteiger partial charge in [-0.2, -0.15) is 4.98 Å². The van der Waals surface area contributed by atoms with Crippen molar-refractivity contribution in [2.45, 2.75) is 238 Å². The lowest BCUT2D eigenvalue weighted by atomic mass is 10.1. The van der Waals surface area contributed by atoms with Crippen LogP contribution in [0.1, 0.15) is 241 Å². The Kier molecular flexibility index (Phi) is 32.1. The molecule has 1 amide bonds. The number of carbonyl (C=O) groups excluding carboxylic acids is 2. The summed E-state index contributed by atoms with van der Waals surface area (Å²) in [6, 6.07) is 5.73. The number of ether oxygens (including phenoxy) is 2. The van der Waals surface area contributed by atoms with Gasteiger partial charge in [0, 0.05) is 6.20 Å². The highest BCUT2D eigenvalue weighted by atomic mass is 31.2. The van der Waals surface area contributed by atoms with Crippen molar-refractivity contribution in [3.63, 3.8) is 0 Å². The number of anilines is 1. The van der Waals surface area contributed by atoms with E-state index in [1.165, 1.54) is 152 Å². The number of unbranched alkanes of at least 4 members (excludes halogenated alkanes) is 27. The highest BCUT2D eigenvalue weighted by molar-refractivity contribution is 7.48. The van der Waals surface area contributed by atoms with Crippen LogP contribution in [0.2, 0.25) is 0 Å². The Balaban J connectivity index is 1.48. The number of phosphoric acid groups is 1. The molecular formula is C52H89N4O11P. The van der Waals surface area contributed by atoms with Gasteiger partial charge < -0.3 is 25.0 Å². The monoisotopic (exact) mass is 977 g/mol. The molecule has 4 atom stereocenters. The highest BCUT2D eigenvalue weighted by Gasteiger charge is 2.45. The number of nitrogens with one attached hydrogen (secondary N) is 1. The Morgan fingerprint density at radius 2 is 1.04 bits per heavy atom. The summed E-state index contributed by atoms with van der Waals surface area (Å²) in [7, 11) is -4.07. The number of rotatable bonds is 42. The van der Waals surface area contributed by atoms with Crippen LogP contribution in [0.25, 0.3) is 0 Å². The molecule has 3 rings (SSSR count). The lowest BCUT2D eigenvalue weighted by molar-refractivity contribution is -0.0563. The van der Waals surface area contributed by atoms with Gasteiger partial charge in [0.15, 0.2) is 6.23 Å². The van der Waals surface area contributed by atoms with E-state index in [0.717, 1.165) is 62.4 Å². The first-order valence-corrected chi connectivity index (χ1v) is 28.2. The SMILES string of the molecule is CCCCCCCCCCCCOC(=O)c1cccc(C(=O)Nc2ccn([C@@H]3O[C@H](COP(=O)(OCCCCCCCCCCCC)OCCCCCCCCCCCC)[C@@H](O)[C@@H]3O)c(=O)n2)n1. The number of pyridine rings is 1. The van der Waals surface area contributed by atoms with E-state index < -0.39 is 56.5 Å². The first-order chi connectivity index (χ1) is 33.1. The number of aliphatic hydroxyl groups excluding tert-OH is 2.